The SMILES string of the molecule is CC(C)(F)C(=O)C(COc1ccc(C2(O)CCNC2)c(Cl)c1)=C(N)c1c(Cl)cccc1Cl. The molecule has 1 atom stereocenters. The zero-order valence-electron chi connectivity index (χ0n) is 17.6. The molecule has 1 aliphatic heterocycles. The molecule has 2 aromatic rings. The maximum absolute atomic E-state index is 14.6. The maximum Gasteiger partial charge on any atom is 0.200 e. The van der Waals surface area contributed by atoms with Crippen molar-refractivity contribution in [2.24, 2.45) is 5.73 Å². The van der Waals surface area contributed by atoms with Crippen LogP contribution in [-0.4, -0.2) is 36.3 Å². The number of nitrogens with two attached hydrogens (primary N) is 1. The number of halogens is 4. The number of aliphatic hydroxyl groups is 1. The first-order valence-electron chi connectivity index (χ1n) is 9.96. The Hall–Kier alpha value is -1.83. The summed E-state index contributed by atoms with van der Waals surface area (Å²) in [7, 11) is 0. The van der Waals surface area contributed by atoms with Crippen LogP contribution in [0, 0.1) is 0 Å². The number of ketones is 1. The van der Waals surface area contributed by atoms with Gasteiger partial charge in [-0.05, 0) is 51.1 Å². The topological polar surface area (TPSA) is 84.6 Å². The van der Waals surface area contributed by atoms with Gasteiger partial charge in [0.05, 0.1) is 26.3 Å². The summed E-state index contributed by atoms with van der Waals surface area (Å²) in [5.41, 5.74) is 3.62. The molecule has 0 bridgehead atoms. The van der Waals surface area contributed by atoms with Crippen molar-refractivity contribution in [3.63, 3.8) is 0 Å². The Kier molecular flexibility index (Phi) is 7.42. The van der Waals surface area contributed by atoms with Gasteiger partial charge in [0.25, 0.3) is 0 Å². The van der Waals surface area contributed by atoms with Crippen molar-refractivity contribution in [3.05, 3.63) is 68.2 Å². The van der Waals surface area contributed by atoms with Gasteiger partial charge in [-0.3, -0.25) is 4.79 Å². The monoisotopic (exact) mass is 500 g/mol. The van der Waals surface area contributed by atoms with Gasteiger partial charge in [-0.2, -0.15) is 0 Å². The fourth-order valence-electron chi connectivity index (χ4n) is 3.56. The Bertz CT molecular complexity index is 1040. The number of rotatable bonds is 7. The van der Waals surface area contributed by atoms with Crippen LogP contribution in [0.15, 0.2) is 42.0 Å². The molecule has 1 heterocycles. The Balaban J connectivity index is 1.93. The molecule has 0 spiro atoms. The van der Waals surface area contributed by atoms with Crippen LogP contribution in [0.5, 0.6) is 5.75 Å². The minimum atomic E-state index is -2.20. The average molecular weight is 502 g/mol. The third-order valence-electron chi connectivity index (χ3n) is 5.33. The Morgan fingerprint density at radius 1 is 1.22 bits per heavy atom. The number of carbonyl (C=O) groups excluding carboxylic acids is 1. The third-order valence-corrected chi connectivity index (χ3v) is 6.27. The molecule has 0 amide bonds. The van der Waals surface area contributed by atoms with Gasteiger partial charge in [0.2, 0.25) is 5.78 Å². The molecule has 32 heavy (non-hydrogen) atoms. The molecule has 1 aliphatic rings. The van der Waals surface area contributed by atoms with E-state index in [9.17, 15) is 14.3 Å². The molecule has 2 aromatic carbocycles. The molecule has 1 saturated heterocycles. The van der Waals surface area contributed by atoms with Crippen LogP contribution in [0.2, 0.25) is 15.1 Å². The van der Waals surface area contributed by atoms with Crippen molar-refractivity contribution < 1.29 is 19.0 Å². The zero-order chi connectivity index (χ0) is 23.7. The second-order valence-corrected chi connectivity index (χ2v) is 9.40. The van der Waals surface area contributed by atoms with Crippen molar-refractivity contribution in [2.75, 3.05) is 19.7 Å². The number of ether oxygens (including phenoxy) is 1. The molecule has 1 fully saturated rings. The van der Waals surface area contributed by atoms with Crippen molar-refractivity contribution in [1.82, 2.24) is 5.32 Å². The van der Waals surface area contributed by atoms with E-state index in [4.69, 9.17) is 45.3 Å². The third kappa shape index (κ3) is 5.21. The van der Waals surface area contributed by atoms with Gasteiger partial charge in [-0.15, -0.1) is 0 Å². The first-order valence-corrected chi connectivity index (χ1v) is 11.1. The second-order valence-electron chi connectivity index (χ2n) is 8.18. The summed E-state index contributed by atoms with van der Waals surface area (Å²) in [4.78, 5) is 12.8. The van der Waals surface area contributed by atoms with Gasteiger partial charge in [0.15, 0.2) is 5.67 Å². The minimum Gasteiger partial charge on any atom is -0.489 e. The van der Waals surface area contributed by atoms with Crippen LogP contribution in [-0.2, 0) is 10.4 Å². The summed E-state index contributed by atoms with van der Waals surface area (Å²) in [5.74, 6) is -0.520. The number of benzene rings is 2. The molecule has 0 radical (unpaired) electrons. The molecule has 172 valence electrons. The molecule has 3 rings (SSSR count). The molecule has 9 heteroatoms. The van der Waals surface area contributed by atoms with Crippen molar-refractivity contribution in [2.45, 2.75) is 31.5 Å². The highest BCUT2D eigenvalue weighted by Crippen LogP contribution is 2.36. The first kappa shape index (κ1) is 24.8. The maximum atomic E-state index is 14.6. The Labute approximate surface area is 201 Å². The fourth-order valence-corrected chi connectivity index (χ4v) is 4.51. The first-order chi connectivity index (χ1) is 14.9. The highest BCUT2D eigenvalue weighted by molar-refractivity contribution is 6.37. The van der Waals surface area contributed by atoms with Gasteiger partial charge in [0, 0.05) is 17.7 Å². The largest absolute Gasteiger partial charge is 0.489 e. The molecule has 1 unspecified atom stereocenters. The zero-order valence-corrected chi connectivity index (χ0v) is 19.9. The van der Waals surface area contributed by atoms with Gasteiger partial charge < -0.3 is 20.9 Å². The summed E-state index contributed by atoms with van der Waals surface area (Å²) in [6, 6.07) is 9.60. The summed E-state index contributed by atoms with van der Waals surface area (Å²) in [5, 5.41) is 14.6. The van der Waals surface area contributed by atoms with E-state index < -0.39 is 17.1 Å². The van der Waals surface area contributed by atoms with Gasteiger partial charge >= 0.3 is 0 Å². The molecule has 0 saturated carbocycles. The van der Waals surface area contributed by atoms with E-state index in [1.807, 2.05) is 0 Å². The van der Waals surface area contributed by atoms with Crippen LogP contribution in [0.4, 0.5) is 4.39 Å². The Morgan fingerprint density at radius 3 is 2.41 bits per heavy atom. The molecule has 0 aromatic heterocycles. The lowest BCUT2D eigenvalue weighted by molar-refractivity contribution is -0.124. The van der Waals surface area contributed by atoms with Gasteiger partial charge in [-0.25, -0.2) is 4.39 Å². The van der Waals surface area contributed by atoms with Crippen LogP contribution >= 0.6 is 34.8 Å². The number of nitrogens with one attached hydrogen (secondary N) is 1. The number of β-amino-alcohol motifs (C(OH)–C–C–N with tert-alkyl or cyclic N) is 1. The summed E-state index contributed by atoms with van der Waals surface area (Å²) in [6.07, 6.45) is 0.537. The summed E-state index contributed by atoms with van der Waals surface area (Å²) >= 11 is 18.8. The van der Waals surface area contributed by atoms with E-state index in [0.717, 1.165) is 13.8 Å². The molecule has 4 N–H and O–H groups in total. The lowest BCUT2D eigenvalue weighted by Gasteiger charge is -2.24. The molecular formula is C23H24Cl3FN2O3. The van der Waals surface area contributed by atoms with Crippen LogP contribution < -0.4 is 15.8 Å². The van der Waals surface area contributed by atoms with E-state index in [1.165, 1.54) is 6.07 Å². The number of hydrogen-bond donors (Lipinski definition) is 3. The lowest BCUT2D eigenvalue weighted by atomic mass is 9.93. The van der Waals surface area contributed by atoms with Crippen LogP contribution in [0.25, 0.3) is 5.70 Å². The second kappa shape index (κ2) is 9.57. The van der Waals surface area contributed by atoms with E-state index in [2.05, 4.69) is 5.32 Å². The molecular weight excluding hydrogens is 478 g/mol. The average Bonchev–Trinajstić information content (AvgIpc) is 3.14. The lowest BCUT2D eigenvalue weighted by Crippen LogP contribution is -2.32. The quantitative estimate of drug-likeness (QED) is 0.470. The number of hydrogen-bond acceptors (Lipinski definition) is 5. The minimum absolute atomic E-state index is 0.0645. The summed E-state index contributed by atoms with van der Waals surface area (Å²) < 4.78 is 20.3. The predicted molar refractivity (Wildman–Crippen MR) is 126 cm³/mol. The van der Waals surface area contributed by atoms with Gasteiger partial charge in [0.1, 0.15) is 18.0 Å². The van der Waals surface area contributed by atoms with Crippen LogP contribution in [0.3, 0.4) is 0 Å². The molecule has 5 nitrogen and oxygen atoms in total. The van der Waals surface area contributed by atoms with E-state index in [1.54, 1.807) is 30.3 Å². The van der Waals surface area contributed by atoms with Gasteiger partial charge in [-0.1, -0.05) is 46.9 Å². The Morgan fingerprint density at radius 2 is 1.88 bits per heavy atom. The highest BCUT2D eigenvalue weighted by atomic mass is 35.5. The van der Waals surface area contributed by atoms with Crippen molar-refractivity contribution in [1.29, 1.82) is 0 Å². The smallest absolute Gasteiger partial charge is 0.200 e. The highest BCUT2D eigenvalue weighted by Gasteiger charge is 2.35. The number of alkyl halides is 1. The van der Waals surface area contributed by atoms with Crippen molar-refractivity contribution in [3.8, 4) is 5.75 Å². The standard InChI is InChI=1S/C23H24Cl3FN2O3/c1-22(2,27)21(30)14(20(28)19-16(24)4-3-5-17(19)25)11-32-13-6-7-15(18(26)10-13)23(31)8-9-29-12-23/h3-7,10,29,31H,8-9,11-12,28H2,1-2H3. The summed E-state index contributed by atoms with van der Waals surface area (Å²) in [6.45, 7) is 3.03. The predicted octanol–water partition coefficient (Wildman–Crippen LogP) is 4.89. The fraction of sp³-hybridized carbons (Fsp3) is 0.348. The van der Waals surface area contributed by atoms with Crippen LogP contribution in [0.1, 0.15) is 31.4 Å². The number of carbonyl (C=O) groups is 1. The van der Waals surface area contributed by atoms with Crippen molar-refractivity contribution >= 4 is 46.3 Å². The van der Waals surface area contributed by atoms with E-state index in [-0.39, 0.29) is 33.5 Å². The number of Topliss-reactive ketones (excluding diaryl/α,β-unsaturated/α-hetero) is 1. The van der Waals surface area contributed by atoms with E-state index >= 15 is 0 Å². The van der Waals surface area contributed by atoms with E-state index in [0.29, 0.717) is 35.8 Å². The molecule has 0 aliphatic carbocycles. The normalized spacial score (nSPS) is 19.6.